The summed E-state index contributed by atoms with van der Waals surface area (Å²) in [6.45, 7) is 4.19. The second-order valence-electron chi connectivity index (χ2n) is 6.53. The second-order valence-corrected chi connectivity index (χ2v) is 7.64. The highest BCUT2D eigenvalue weighted by atomic mass is 35.5. The van der Waals surface area contributed by atoms with Gasteiger partial charge in [-0.3, -0.25) is 4.90 Å². The summed E-state index contributed by atoms with van der Waals surface area (Å²) in [6, 6.07) is 3.02. The number of nitrogens with zero attached hydrogens (tertiary/aromatic N) is 4. The van der Waals surface area contributed by atoms with Gasteiger partial charge in [0.1, 0.15) is 16.6 Å². The lowest BCUT2D eigenvalue weighted by molar-refractivity contribution is 0.135. The molecule has 1 aromatic heterocycles. The molecule has 1 aliphatic heterocycles. The molecule has 0 radical (unpaired) electrons. The summed E-state index contributed by atoms with van der Waals surface area (Å²) in [6.07, 6.45) is 5.79. The van der Waals surface area contributed by atoms with Crippen molar-refractivity contribution in [2.45, 2.75) is 31.7 Å². The summed E-state index contributed by atoms with van der Waals surface area (Å²) < 4.78 is 4.12. The van der Waals surface area contributed by atoms with Crippen molar-refractivity contribution in [1.29, 1.82) is 5.26 Å². The number of nitriles is 1. The van der Waals surface area contributed by atoms with Gasteiger partial charge in [-0.25, -0.2) is 0 Å². The van der Waals surface area contributed by atoms with E-state index >= 15 is 0 Å². The largest absolute Gasteiger partial charge is 0.358 e. The number of hydrogen-bond acceptors (Lipinski definition) is 5. The van der Waals surface area contributed by atoms with Gasteiger partial charge in [-0.05, 0) is 42.6 Å². The van der Waals surface area contributed by atoms with Crippen LogP contribution in [0.1, 0.15) is 31.2 Å². The van der Waals surface area contributed by atoms with Crippen molar-refractivity contribution in [2.24, 2.45) is 11.8 Å². The van der Waals surface area contributed by atoms with Crippen LogP contribution < -0.4 is 4.90 Å². The van der Waals surface area contributed by atoms with Gasteiger partial charge in [0.25, 0.3) is 0 Å². The van der Waals surface area contributed by atoms with E-state index in [9.17, 15) is 5.26 Å². The molecule has 3 aliphatic rings. The summed E-state index contributed by atoms with van der Waals surface area (Å²) in [7, 11) is 0. The molecule has 21 heavy (non-hydrogen) atoms. The van der Waals surface area contributed by atoms with Crippen molar-refractivity contribution < 1.29 is 0 Å². The third kappa shape index (κ3) is 2.34. The SMILES string of the molecule is N#Cc1c(Cl)nsc1N1CCN(C2CC3CCC2C3)CC1. The van der Waals surface area contributed by atoms with E-state index in [1.54, 1.807) is 0 Å². The van der Waals surface area contributed by atoms with Crippen LogP contribution in [0.3, 0.4) is 0 Å². The Bertz CT molecular complexity index is 573. The first-order valence-electron chi connectivity index (χ1n) is 7.80. The lowest BCUT2D eigenvalue weighted by atomic mass is 9.93. The lowest BCUT2D eigenvalue weighted by Crippen LogP contribution is -2.51. The first-order chi connectivity index (χ1) is 10.3. The average Bonchev–Trinajstić information content (AvgIpc) is 3.22. The van der Waals surface area contributed by atoms with Gasteiger partial charge in [0.2, 0.25) is 0 Å². The summed E-state index contributed by atoms with van der Waals surface area (Å²) in [4.78, 5) is 4.97. The molecule has 0 N–H and O–H groups in total. The Morgan fingerprint density at radius 1 is 1.19 bits per heavy atom. The molecule has 0 aromatic carbocycles. The summed E-state index contributed by atoms with van der Waals surface area (Å²) in [5.74, 6) is 1.96. The molecule has 3 atom stereocenters. The molecule has 2 aliphatic carbocycles. The predicted octanol–water partition coefficient (Wildman–Crippen LogP) is 2.98. The van der Waals surface area contributed by atoms with E-state index in [1.165, 1.54) is 37.2 Å². The van der Waals surface area contributed by atoms with Crippen LogP contribution in [0, 0.1) is 23.2 Å². The molecule has 112 valence electrons. The monoisotopic (exact) mass is 322 g/mol. The predicted molar refractivity (Wildman–Crippen MR) is 84.9 cm³/mol. The van der Waals surface area contributed by atoms with E-state index < -0.39 is 0 Å². The van der Waals surface area contributed by atoms with Crippen LogP contribution in [-0.4, -0.2) is 41.5 Å². The first kappa shape index (κ1) is 13.8. The molecule has 0 spiro atoms. The van der Waals surface area contributed by atoms with Gasteiger partial charge < -0.3 is 4.90 Å². The maximum atomic E-state index is 9.21. The van der Waals surface area contributed by atoms with E-state index in [2.05, 4.69) is 20.2 Å². The summed E-state index contributed by atoms with van der Waals surface area (Å²) in [5.41, 5.74) is 0.551. The van der Waals surface area contributed by atoms with Crippen LogP contribution in [0.5, 0.6) is 0 Å². The molecule has 2 saturated carbocycles. The maximum absolute atomic E-state index is 9.21. The van der Waals surface area contributed by atoms with Gasteiger partial charge in [-0.1, -0.05) is 18.0 Å². The van der Waals surface area contributed by atoms with Crippen LogP contribution in [0.2, 0.25) is 5.15 Å². The number of halogens is 1. The Kier molecular flexibility index (Phi) is 3.56. The Labute approximate surface area is 134 Å². The highest BCUT2D eigenvalue weighted by Crippen LogP contribution is 2.46. The van der Waals surface area contributed by atoms with Crippen molar-refractivity contribution in [2.75, 3.05) is 31.1 Å². The molecule has 6 heteroatoms. The van der Waals surface area contributed by atoms with Crippen molar-refractivity contribution in [1.82, 2.24) is 9.27 Å². The Balaban J connectivity index is 1.42. The number of hydrogen-bond donors (Lipinski definition) is 0. The van der Waals surface area contributed by atoms with E-state index in [0.29, 0.717) is 10.7 Å². The van der Waals surface area contributed by atoms with Gasteiger partial charge in [0.15, 0.2) is 5.15 Å². The van der Waals surface area contributed by atoms with Crippen molar-refractivity contribution >= 4 is 28.1 Å². The van der Waals surface area contributed by atoms with Gasteiger partial charge in [0, 0.05) is 32.2 Å². The molecular weight excluding hydrogens is 304 g/mol. The second kappa shape index (κ2) is 5.42. The van der Waals surface area contributed by atoms with E-state index in [-0.39, 0.29) is 0 Å². The lowest BCUT2D eigenvalue weighted by Gasteiger charge is -2.41. The summed E-state index contributed by atoms with van der Waals surface area (Å²) in [5, 5.41) is 10.5. The van der Waals surface area contributed by atoms with E-state index in [0.717, 1.165) is 49.1 Å². The van der Waals surface area contributed by atoms with Gasteiger partial charge in [-0.2, -0.15) is 9.64 Å². The van der Waals surface area contributed by atoms with Gasteiger partial charge in [0.05, 0.1) is 0 Å². The van der Waals surface area contributed by atoms with Gasteiger partial charge >= 0.3 is 0 Å². The highest BCUT2D eigenvalue weighted by Gasteiger charge is 2.42. The number of piperazine rings is 1. The average molecular weight is 323 g/mol. The normalized spacial score (nSPS) is 32.6. The Morgan fingerprint density at radius 2 is 2.00 bits per heavy atom. The molecule has 0 amide bonds. The first-order valence-corrected chi connectivity index (χ1v) is 8.95. The zero-order valence-corrected chi connectivity index (χ0v) is 13.5. The fourth-order valence-corrected chi connectivity index (χ4v) is 5.57. The highest BCUT2D eigenvalue weighted by molar-refractivity contribution is 7.10. The van der Waals surface area contributed by atoms with Crippen LogP contribution in [-0.2, 0) is 0 Å². The standard InChI is InChI=1S/C15H19ClN4S/c16-14-12(9-17)15(21-18-14)20-5-3-19(4-6-20)13-8-10-1-2-11(13)7-10/h10-11,13H,1-8H2. The fraction of sp³-hybridized carbons (Fsp3) is 0.733. The number of anilines is 1. The zero-order chi connectivity index (χ0) is 14.4. The zero-order valence-electron chi connectivity index (χ0n) is 12.0. The van der Waals surface area contributed by atoms with Crippen LogP contribution in [0.15, 0.2) is 0 Å². The molecule has 3 fully saturated rings. The Hall–Kier alpha value is -0.830. The van der Waals surface area contributed by atoms with Crippen LogP contribution in [0.25, 0.3) is 0 Å². The van der Waals surface area contributed by atoms with E-state index in [4.69, 9.17) is 11.6 Å². The molecule has 2 bridgehead atoms. The Morgan fingerprint density at radius 3 is 2.62 bits per heavy atom. The third-order valence-corrected chi connectivity index (χ3v) is 6.80. The number of fused-ring (bicyclic) bond motifs is 2. The quantitative estimate of drug-likeness (QED) is 0.839. The van der Waals surface area contributed by atoms with E-state index in [1.807, 2.05) is 0 Å². The van der Waals surface area contributed by atoms with Gasteiger partial charge in [-0.15, -0.1) is 0 Å². The van der Waals surface area contributed by atoms with Crippen LogP contribution in [0.4, 0.5) is 5.00 Å². The fourth-order valence-electron chi connectivity index (χ4n) is 4.49. The number of aromatic nitrogens is 1. The molecule has 1 aromatic rings. The minimum absolute atomic E-state index is 0.355. The van der Waals surface area contributed by atoms with Crippen molar-refractivity contribution in [3.05, 3.63) is 10.7 Å². The molecular formula is C15H19ClN4S. The molecule has 4 nitrogen and oxygen atoms in total. The molecule has 2 heterocycles. The third-order valence-electron chi connectivity index (χ3n) is 5.52. The minimum atomic E-state index is 0.355. The smallest absolute Gasteiger partial charge is 0.162 e. The van der Waals surface area contributed by atoms with Crippen molar-refractivity contribution in [3.63, 3.8) is 0 Å². The van der Waals surface area contributed by atoms with Crippen molar-refractivity contribution in [3.8, 4) is 6.07 Å². The minimum Gasteiger partial charge on any atom is -0.358 e. The maximum Gasteiger partial charge on any atom is 0.162 e. The van der Waals surface area contributed by atoms with Crippen LogP contribution >= 0.6 is 23.1 Å². The molecule has 1 saturated heterocycles. The summed E-state index contributed by atoms with van der Waals surface area (Å²) >= 11 is 7.33. The molecule has 4 rings (SSSR count). The number of rotatable bonds is 2. The molecule has 3 unspecified atom stereocenters. The topological polar surface area (TPSA) is 43.2 Å².